The minimum absolute atomic E-state index is 0.144. The molecule has 2 bridgehead atoms. The van der Waals surface area contributed by atoms with Crippen molar-refractivity contribution in [3.8, 4) is 0 Å². The summed E-state index contributed by atoms with van der Waals surface area (Å²) in [5.41, 5.74) is 2.87. The molecule has 3 N–H and O–H groups in total. The van der Waals surface area contributed by atoms with Crippen LogP contribution in [0.2, 0.25) is 0 Å². The van der Waals surface area contributed by atoms with E-state index in [1.54, 1.807) is 0 Å². The summed E-state index contributed by atoms with van der Waals surface area (Å²) >= 11 is 3.69. The van der Waals surface area contributed by atoms with Gasteiger partial charge >= 0.3 is 5.69 Å². The van der Waals surface area contributed by atoms with E-state index >= 15 is 0 Å². The molecule has 0 saturated heterocycles. The number of rotatable bonds is 3. The normalized spacial score (nSPS) is 29.3. The summed E-state index contributed by atoms with van der Waals surface area (Å²) in [6.45, 7) is 0. The molecule has 4 nitrogen and oxygen atoms in total. The van der Waals surface area contributed by atoms with Crippen molar-refractivity contribution in [2.24, 2.45) is 17.8 Å². The van der Waals surface area contributed by atoms with Crippen LogP contribution in [0.15, 0.2) is 21.4 Å². The number of benzene rings is 1. The van der Waals surface area contributed by atoms with Gasteiger partial charge in [0.2, 0.25) is 0 Å². The maximum absolute atomic E-state index is 11.5. The Morgan fingerprint density at radius 3 is 2.62 bits per heavy atom. The van der Waals surface area contributed by atoms with Crippen LogP contribution in [0.25, 0.3) is 11.0 Å². The monoisotopic (exact) mass is 349 g/mol. The molecule has 4 atom stereocenters. The second kappa shape index (κ2) is 4.99. The van der Waals surface area contributed by atoms with Crippen LogP contribution in [-0.4, -0.2) is 17.0 Å². The third kappa shape index (κ3) is 2.18. The molecule has 1 heterocycles. The van der Waals surface area contributed by atoms with Crippen LogP contribution < -0.4 is 11.0 Å². The highest BCUT2D eigenvalue weighted by Crippen LogP contribution is 2.53. The van der Waals surface area contributed by atoms with E-state index in [1.807, 2.05) is 13.1 Å². The Bertz CT molecular complexity index is 735. The van der Waals surface area contributed by atoms with Gasteiger partial charge in [-0.3, -0.25) is 0 Å². The third-order valence-electron chi connectivity index (χ3n) is 5.50. The van der Waals surface area contributed by atoms with Gasteiger partial charge in [-0.1, -0.05) is 22.4 Å². The number of nitrogens with one attached hydrogen (secondary N) is 3. The van der Waals surface area contributed by atoms with E-state index in [1.165, 1.54) is 31.2 Å². The molecule has 2 aromatic rings. The summed E-state index contributed by atoms with van der Waals surface area (Å²) in [7, 11) is 2.05. The SMILES string of the molecule is CNC(c1cc2[nH]c(=O)[nH]c2cc1Br)C1CC2CCC1C2. The van der Waals surface area contributed by atoms with E-state index < -0.39 is 0 Å². The zero-order valence-corrected chi connectivity index (χ0v) is 13.7. The highest BCUT2D eigenvalue weighted by atomic mass is 79.9. The quantitative estimate of drug-likeness (QED) is 0.795. The minimum Gasteiger partial charge on any atom is -0.313 e. The smallest absolute Gasteiger partial charge is 0.313 e. The number of hydrogen-bond donors (Lipinski definition) is 3. The predicted molar refractivity (Wildman–Crippen MR) is 87.4 cm³/mol. The molecule has 2 saturated carbocycles. The Balaban J connectivity index is 1.76. The maximum atomic E-state index is 11.5. The average Bonchev–Trinajstić information content (AvgIpc) is 3.14. The molecule has 4 unspecified atom stereocenters. The van der Waals surface area contributed by atoms with Crippen molar-refractivity contribution in [2.45, 2.75) is 31.7 Å². The largest absolute Gasteiger partial charge is 0.323 e. The molecule has 2 aliphatic carbocycles. The molecule has 1 aromatic heterocycles. The van der Waals surface area contributed by atoms with Crippen molar-refractivity contribution in [3.63, 3.8) is 0 Å². The molecule has 4 rings (SSSR count). The molecule has 112 valence electrons. The fourth-order valence-electron chi connectivity index (χ4n) is 4.61. The van der Waals surface area contributed by atoms with E-state index in [2.05, 4.69) is 37.3 Å². The number of H-pyrrole nitrogens is 2. The van der Waals surface area contributed by atoms with Crippen LogP contribution >= 0.6 is 15.9 Å². The lowest BCUT2D eigenvalue weighted by Crippen LogP contribution is -2.29. The maximum Gasteiger partial charge on any atom is 0.323 e. The zero-order chi connectivity index (χ0) is 14.6. The van der Waals surface area contributed by atoms with Crippen molar-refractivity contribution >= 4 is 27.0 Å². The fraction of sp³-hybridized carbons (Fsp3) is 0.562. The van der Waals surface area contributed by atoms with Crippen LogP contribution in [0.3, 0.4) is 0 Å². The molecule has 5 heteroatoms. The number of aromatic nitrogens is 2. The van der Waals surface area contributed by atoms with Crippen molar-refractivity contribution in [3.05, 3.63) is 32.7 Å². The first-order valence-corrected chi connectivity index (χ1v) is 8.53. The highest BCUT2D eigenvalue weighted by Gasteiger charge is 2.43. The molecule has 21 heavy (non-hydrogen) atoms. The molecule has 0 radical (unpaired) electrons. The Labute approximate surface area is 131 Å². The van der Waals surface area contributed by atoms with Gasteiger partial charge in [-0.25, -0.2) is 4.79 Å². The van der Waals surface area contributed by atoms with E-state index in [0.29, 0.717) is 12.0 Å². The van der Waals surface area contributed by atoms with Gasteiger partial charge in [0.25, 0.3) is 0 Å². The molecule has 2 fully saturated rings. The molecular weight excluding hydrogens is 330 g/mol. The van der Waals surface area contributed by atoms with Crippen LogP contribution in [0.5, 0.6) is 0 Å². The predicted octanol–water partition coefficient (Wildman–Crippen LogP) is 3.32. The lowest BCUT2D eigenvalue weighted by molar-refractivity contribution is 0.259. The standard InChI is InChI=1S/C16H20BrN3O/c1-18-15(10-5-8-2-3-9(10)4-8)11-6-13-14(7-12(11)17)20-16(21)19-13/h6-10,15,18H,2-5H2,1H3,(H2,19,20,21). The Kier molecular flexibility index (Phi) is 3.23. The van der Waals surface area contributed by atoms with Gasteiger partial charge in [0, 0.05) is 10.5 Å². The van der Waals surface area contributed by atoms with Gasteiger partial charge in [0.05, 0.1) is 11.0 Å². The van der Waals surface area contributed by atoms with Gasteiger partial charge in [-0.05, 0) is 61.8 Å². The van der Waals surface area contributed by atoms with Crippen LogP contribution in [0.4, 0.5) is 0 Å². The van der Waals surface area contributed by atoms with Crippen molar-refractivity contribution in [1.82, 2.24) is 15.3 Å². The van der Waals surface area contributed by atoms with Gasteiger partial charge in [0.15, 0.2) is 0 Å². The van der Waals surface area contributed by atoms with Gasteiger partial charge in [0.1, 0.15) is 0 Å². The first-order valence-electron chi connectivity index (χ1n) is 7.74. The van der Waals surface area contributed by atoms with E-state index in [-0.39, 0.29) is 5.69 Å². The molecule has 0 aliphatic heterocycles. The number of aromatic amines is 2. The number of fused-ring (bicyclic) bond motifs is 3. The summed E-state index contributed by atoms with van der Waals surface area (Å²) in [6.07, 6.45) is 5.55. The lowest BCUT2D eigenvalue weighted by atomic mass is 9.80. The Morgan fingerprint density at radius 1 is 1.24 bits per heavy atom. The van der Waals surface area contributed by atoms with Crippen LogP contribution in [0.1, 0.15) is 37.3 Å². The third-order valence-corrected chi connectivity index (χ3v) is 6.19. The summed E-state index contributed by atoms with van der Waals surface area (Å²) in [6, 6.07) is 4.49. The van der Waals surface area contributed by atoms with E-state index in [4.69, 9.17) is 0 Å². The molecule has 2 aliphatic rings. The number of hydrogen-bond acceptors (Lipinski definition) is 2. The number of imidazole rings is 1. The summed E-state index contributed by atoms with van der Waals surface area (Å²) in [5, 5.41) is 3.53. The zero-order valence-electron chi connectivity index (χ0n) is 12.1. The summed E-state index contributed by atoms with van der Waals surface area (Å²) in [5.74, 6) is 2.51. The summed E-state index contributed by atoms with van der Waals surface area (Å²) < 4.78 is 1.08. The second-order valence-electron chi connectivity index (χ2n) is 6.60. The van der Waals surface area contributed by atoms with Gasteiger partial charge in [-0.2, -0.15) is 0 Å². The minimum atomic E-state index is -0.144. The fourth-order valence-corrected chi connectivity index (χ4v) is 5.20. The van der Waals surface area contributed by atoms with Crippen molar-refractivity contribution in [1.29, 1.82) is 0 Å². The molecule has 1 aromatic carbocycles. The number of halogens is 1. The van der Waals surface area contributed by atoms with Crippen LogP contribution in [0, 0.1) is 17.8 Å². The topological polar surface area (TPSA) is 60.7 Å². The first kappa shape index (κ1) is 13.6. The Morgan fingerprint density at radius 2 is 2.00 bits per heavy atom. The summed E-state index contributed by atoms with van der Waals surface area (Å²) in [4.78, 5) is 17.2. The molecule has 0 spiro atoms. The van der Waals surface area contributed by atoms with Crippen molar-refractivity contribution in [2.75, 3.05) is 7.05 Å². The van der Waals surface area contributed by atoms with Crippen molar-refractivity contribution < 1.29 is 0 Å². The Hall–Kier alpha value is -1.07. The first-order chi connectivity index (χ1) is 10.2. The van der Waals surface area contributed by atoms with Crippen LogP contribution in [-0.2, 0) is 0 Å². The van der Waals surface area contributed by atoms with E-state index in [0.717, 1.165) is 27.3 Å². The molecule has 0 amide bonds. The average molecular weight is 350 g/mol. The highest BCUT2D eigenvalue weighted by molar-refractivity contribution is 9.10. The lowest BCUT2D eigenvalue weighted by Gasteiger charge is -2.31. The van der Waals surface area contributed by atoms with E-state index in [9.17, 15) is 4.79 Å². The molecular formula is C16H20BrN3O. The van der Waals surface area contributed by atoms with Gasteiger partial charge in [-0.15, -0.1) is 0 Å². The second-order valence-corrected chi connectivity index (χ2v) is 7.46. The van der Waals surface area contributed by atoms with Gasteiger partial charge < -0.3 is 15.3 Å².